The zero-order valence-electron chi connectivity index (χ0n) is 14.2. The summed E-state index contributed by atoms with van der Waals surface area (Å²) in [4.78, 5) is 25.9. The van der Waals surface area contributed by atoms with Gasteiger partial charge in [-0.2, -0.15) is 0 Å². The smallest absolute Gasteiger partial charge is 0.262 e. The average Bonchev–Trinajstić information content (AvgIpc) is 2.63. The Kier molecular flexibility index (Phi) is 4.88. The highest BCUT2D eigenvalue weighted by molar-refractivity contribution is 5.97. The Hall–Kier alpha value is -3.02. The summed E-state index contributed by atoms with van der Waals surface area (Å²) in [5.41, 5.74) is 2.17. The summed E-state index contributed by atoms with van der Waals surface area (Å²) in [6.07, 6.45) is 0.716. The number of anilines is 1. The lowest BCUT2D eigenvalue weighted by Gasteiger charge is -2.26. The third kappa shape index (κ3) is 3.74. The first kappa shape index (κ1) is 16.8. The largest absolute Gasteiger partial charge is 0.497 e. The van der Waals surface area contributed by atoms with E-state index in [-0.39, 0.29) is 18.4 Å². The lowest BCUT2D eigenvalue weighted by Crippen LogP contribution is -2.34. The van der Waals surface area contributed by atoms with Crippen LogP contribution in [0, 0.1) is 0 Å². The van der Waals surface area contributed by atoms with E-state index in [0.717, 1.165) is 11.3 Å². The number of fused-ring (bicyclic) bond motifs is 1. The monoisotopic (exact) mass is 340 g/mol. The Morgan fingerprint density at radius 2 is 1.96 bits per heavy atom. The highest BCUT2D eigenvalue weighted by Crippen LogP contribution is 2.27. The van der Waals surface area contributed by atoms with Crippen LogP contribution in [0.5, 0.6) is 11.5 Å². The van der Waals surface area contributed by atoms with Crippen LogP contribution in [0.3, 0.4) is 0 Å². The van der Waals surface area contributed by atoms with Crippen molar-refractivity contribution < 1.29 is 19.1 Å². The van der Waals surface area contributed by atoms with E-state index in [1.807, 2.05) is 0 Å². The van der Waals surface area contributed by atoms with Crippen LogP contribution >= 0.6 is 0 Å². The van der Waals surface area contributed by atoms with Gasteiger partial charge in [-0.3, -0.25) is 9.59 Å². The van der Waals surface area contributed by atoms with E-state index in [0.29, 0.717) is 30.0 Å². The minimum absolute atomic E-state index is 0.0191. The number of hydrogen-bond acceptors (Lipinski definition) is 4. The molecule has 25 heavy (non-hydrogen) atoms. The first-order chi connectivity index (χ1) is 12.1. The van der Waals surface area contributed by atoms with E-state index < -0.39 is 0 Å². The third-order valence-corrected chi connectivity index (χ3v) is 4.14. The van der Waals surface area contributed by atoms with Gasteiger partial charge < -0.3 is 19.7 Å². The van der Waals surface area contributed by atoms with E-state index in [2.05, 4.69) is 5.32 Å². The van der Waals surface area contributed by atoms with Crippen LogP contribution in [0.25, 0.3) is 0 Å². The molecule has 0 aliphatic carbocycles. The van der Waals surface area contributed by atoms with Crippen LogP contribution in [0.15, 0.2) is 42.5 Å². The van der Waals surface area contributed by atoms with Crippen molar-refractivity contribution in [1.29, 1.82) is 0 Å². The van der Waals surface area contributed by atoms with Crippen molar-refractivity contribution in [3.63, 3.8) is 0 Å². The number of benzene rings is 2. The van der Waals surface area contributed by atoms with Crippen molar-refractivity contribution >= 4 is 17.5 Å². The second-order valence-electron chi connectivity index (χ2n) is 5.82. The average molecular weight is 340 g/mol. The molecule has 0 fully saturated rings. The lowest BCUT2D eigenvalue weighted by molar-refractivity contribution is -0.118. The second-order valence-corrected chi connectivity index (χ2v) is 5.82. The van der Waals surface area contributed by atoms with E-state index in [4.69, 9.17) is 9.47 Å². The van der Waals surface area contributed by atoms with E-state index >= 15 is 0 Å². The fraction of sp³-hybridized carbons (Fsp3) is 0.263. The molecule has 0 atom stereocenters. The van der Waals surface area contributed by atoms with Gasteiger partial charge in [-0.05, 0) is 42.8 Å². The van der Waals surface area contributed by atoms with Gasteiger partial charge in [0.05, 0.1) is 7.11 Å². The first-order valence-corrected chi connectivity index (χ1v) is 8.02. The molecule has 1 heterocycles. The van der Waals surface area contributed by atoms with E-state index in [1.165, 1.54) is 0 Å². The Labute approximate surface area is 146 Å². The summed E-state index contributed by atoms with van der Waals surface area (Å²) in [5.74, 6) is 1.03. The highest BCUT2D eigenvalue weighted by atomic mass is 16.5. The number of hydrogen-bond donors (Lipinski definition) is 1. The fourth-order valence-corrected chi connectivity index (χ4v) is 2.76. The van der Waals surface area contributed by atoms with Crippen LogP contribution in [-0.2, 0) is 11.2 Å². The van der Waals surface area contributed by atoms with Crippen LogP contribution < -0.4 is 14.8 Å². The van der Waals surface area contributed by atoms with Crippen molar-refractivity contribution in [3.8, 4) is 11.5 Å². The lowest BCUT2D eigenvalue weighted by atomic mass is 9.98. The molecule has 1 N–H and O–H groups in total. The van der Waals surface area contributed by atoms with Crippen molar-refractivity contribution in [3.05, 3.63) is 53.6 Å². The molecule has 2 amide bonds. The van der Waals surface area contributed by atoms with E-state index in [9.17, 15) is 9.59 Å². The maximum absolute atomic E-state index is 12.2. The summed E-state index contributed by atoms with van der Waals surface area (Å²) >= 11 is 0. The maximum Gasteiger partial charge on any atom is 0.262 e. The molecule has 0 saturated heterocycles. The van der Waals surface area contributed by atoms with Crippen molar-refractivity contribution in [2.24, 2.45) is 0 Å². The molecule has 0 bridgehead atoms. The van der Waals surface area contributed by atoms with Crippen LogP contribution in [0.1, 0.15) is 15.9 Å². The predicted octanol–water partition coefficient (Wildman–Crippen LogP) is 2.34. The number of nitrogens with one attached hydrogen (secondary N) is 1. The summed E-state index contributed by atoms with van der Waals surface area (Å²) in [6.45, 7) is 0.525. The van der Waals surface area contributed by atoms with Crippen molar-refractivity contribution in [1.82, 2.24) is 4.90 Å². The predicted molar refractivity (Wildman–Crippen MR) is 94.2 cm³/mol. The Bertz CT molecular complexity index is 787. The fourth-order valence-electron chi connectivity index (χ4n) is 2.76. The first-order valence-electron chi connectivity index (χ1n) is 8.02. The van der Waals surface area contributed by atoms with E-state index in [1.54, 1.807) is 61.5 Å². The molecule has 6 heteroatoms. The molecule has 1 aliphatic rings. The summed E-state index contributed by atoms with van der Waals surface area (Å²) in [6, 6.07) is 12.4. The van der Waals surface area contributed by atoms with Gasteiger partial charge in [0.15, 0.2) is 6.61 Å². The van der Waals surface area contributed by atoms with Gasteiger partial charge in [0, 0.05) is 30.4 Å². The molecule has 2 aromatic carbocycles. The molecule has 3 rings (SSSR count). The molecule has 130 valence electrons. The molecular formula is C19H20N2O4. The number of amides is 2. The maximum atomic E-state index is 12.2. The molecule has 0 spiro atoms. The number of ether oxygens (including phenoxy) is 2. The molecule has 0 unspecified atom stereocenters. The number of likely N-dealkylation sites (N-methyl/N-ethyl adjacent to an activating group) is 1. The topological polar surface area (TPSA) is 67.9 Å². The van der Waals surface area contributed by atoms with Gasteiger partial charge in [-0.25, -0.2) is 0 Å². The molecule has 1 aliphatic heterocycles. The SMILES string of the molecule is COc1ccc(NC(=O)COc2cccc3c2CCN(C)C3=O)cc1. The zero-order chi connectivity index (χ0) is 17.8. The van der Waals surface area contributed by atoms with Gasteiger partial charge in [0.2, 0.25) is 0 Å². The molecule has 0 aromatic heterocycles. The van der Waals surface area contributed by atoms with Crippen LogP contribution in [-0.4, -0.2) is 44.0 Å². The number of carbonyl (C=O) groups excluding carboxylic acids is 2. The number of methoxy groups -OCH3 is 1. The standard InChI is InChI=1S/C19H20N2O4/c1-21-11-10-15-16(19(21)23)4-3-5-17(15)25-12-18(22)20-13-6-8-14(24-2)9-7-13/h3-9H,10-12H2,1-2H3,(H,20,22). The Balaban J connectivity index is 1.63. The van der Waals surface area contributed by atoms with Crippen molar-refractivity contribution in [2.45, 2.75) is 6.42 Å². The zero-order valence-corrected chi connectivity index (χ0v) is 14.2. The molecule has 2 aromatic rings. The highest BCUT2D eigenvalue weighted by Gasteiger charge is 2.24. The summed E-state index contributed by atoms with van der Waals surface area (Å²) in [7, 11) is 3.37. The number of nitrogens with zero attached hydrogens (tertiary/aromatic N) is 1. The number of rotatable bonds is 5. The summed E-state index contributed by atoms with van der Waals surface area (Å²) < 4.78 is 10.7. The van der Waals surface area contributed by atoms with Gasteiger partial charge in [-0.15, -0.1) is 0 Å². The quantitative estimate of drug-likeness (QED) is 0.907. The Morgan fingerprint density at radius 3 is 2.68 bits per heavy atom. The molecule has 0 saturated carbocycles. The molecular weight excluding hydrogens is 320 g/mol. The Morgan fingerprint density at radius 1 is 1.20 bits per heavy atom. The van der Waals surface area contributed by atoms with Crippen molar-refractivity contribution in [2.75, 3.05) is 32.6 Å². The summed E-state index contributed by atoms with van der Waals surface area (Å²) in [5, 5.41) is 2.76. The minimum Gasteiger partial charge on any atom is -0.497 e. The normalized spacial score (nSPS) is 13.2. The van der Waals surface area contributed by atoms with Gasteiger partial charge in [0.25, 0.3) is 11.8 Å². The van der Waals surface area contributed by atoms with Crippen LogP contribution in [0.4, 0.5) is 5.69 Å². The van der Waals surface area contributed by atoms with Crippen LogP contribution in [0.2, 0.25) is 0 Å². The van der Waals surface area contributed by atoms with Gasteiger partial charge >= 0.3 is 0 Å². The second kappa shape index (κ2) is 7.25. The van der Waals surface area contributed by atoms with Gasteiger partial charge in [-0.1, -0.05) is 6.07 Å². The third-order valence-electron chi connectivity index (χ3n) is 4.14. The minimum atomic E-state index is -0.262. The number of carbonyl (C=O) groups is 2. The molecule has 6 nitrogen and oxygen atoms in total. The molecule has 0 radical (unpaired) electrons. The van der Waals surface area contributed by atoms with Gasteiger partial charge in [0.1, 0.15) is 11.5 Å².